The standard InChI is InChI=1S/C40H34FN7S/c1-4-18-47-35-13-9-8-12-33(35)44-40(47)42-22-30-24-48(31-10-6-5-7-11-31)45-39(30)38-17-16-37(49-38)28-14-15-29(32(41)21-28)23-46-25-43-34-19-26(2)27(3)20-36(34)46/h4-17,19-21,24-25H,1,18,22-23H2,2-3H3,(H,42,44). The van der Waals surface area contributed by atoms with E-state index in [1.54, 1.807) is 23.7 Å². The van der Waals surface area contributed by atoms with Crippen LogP contribution in [0, 0.1) is 19.7 Å². The molecule has 242 valence electrons. The molecule has 4 aromatic heterocycles. The zero-order chi connectivity index (χ0) is 33.5. The summed E-state index contributed by atoms with van der Waals surface area (Å²) in [5.74, 6) is 0.537. The van der Waals surface area contributed by atoms with E-state index in [1.165, 1.54) is 11.1 Å². The number of fused-ring (bicyclic) bond motifs is 2. The molecule has 1 N–H and O–H groups in total. The molecule has 0 amide bonds. The van der Waals surface area contributed by atoms with Crippen molar-refractivity contribution in [2.24, 2.45) is 0 Å². The van der Waals surface area contributed by atoms with Gasteiger partial charge in [-0.1, -0.05) is 48.5 Å². The molecule has 0 spiro atoms. The van der Waals surface area contributed by atoms with E-state index in [2.05, 4.69) is 65.8 Å². The summed E-state index contributed by atoms with van der Waals surface area (Å²) in [5.41, 5.74) is 10.6. The molecular weight excluding hydrogens is 630 g/mol. The smallest absolute Gasteiger partial charge is 0.204 e. The van der Waals surface area contributed by atoms with E-state index in [1.807, 2.05) is 82.1 Å². The summed E-state index contributed by atoms with van der Waals surface area (Å²) in [7, 11) is 0. The second kappa shape index (κ2) is 12.7. The number of rotatable bonds is 10. The van der Waals surface area contributed by atoms with Gasteiger partial charge >= 0.3 is 0 Å². The first-order valence-electron chi connectivity index (χ1n) is 16.2. The van der Waals surface area contributed by atoms with Crippen LogP contribution in [0.2, 0.25) is 0 Å². The fraction of sp³-hybridized carbons (Fsp3) is 0.125. The van der Waals surface area contributed by atoms with Crippen LogP contribution in [-0.2, 0) is 19.6 Å². The monoisotopic (exact) mass is 663 g/mol. The van der Waals surface area contributed by atoms with Gasteiger partial charge < -0.3 is 14.5 Å². The van der Waals surface area contributed by atoms with Crippen LogP contribution in [0.15, 0.2) is 122 Å². The fourth-order valence-corrected chi connectivity index (χ4v) is 7.25. The van der Waals surface area contributed by atoms with E-state index >= 15 is 4.39 Å². The number of anilines is 1. The van der Waals surface area contributed by atoms with Gasteiger partial charge in [0, 0.05) is 35.3 Å². The number of para-hydroxylation sites is 3. The predicted octanol–water partition coefficient (Wildman–Crippen LogP) is 9.57. The highest BCUT2D eigenvalue weighted by atomic mass is 32.1. The highest BCUT2D eigenvalue weighted by Crippen LogP contribution is 2.37. The van der Waals surface area contributed by atoms with Crippen LogP contribution in [0.5, 0.6) is 0 Å². The van der Waals surface area contributed by atoms with Crippen LogP contribution < -0.4 is 5.32 Å². The average Bonchev–Trinajstić information content (AvgIpc) is 3.92. The Hall–Kier alpha value is -5.80. The number of hydrogen-bond donors (Lipinski definition) is 1. The second-order valence-corrected chi connectivity index (χ2v) is 13.3. The normalized spacial score (nSPS) is 11.5. The van der Waals surface area contributed by atoms with E-state index in [9.17, 15) is 0 Å². The topological polar surface area (TPSA) is 65.5 Å². The molecule has 0 saturated heterocycles. The van der Waals surface area contributed by atoms with Crippen molar-refractivity contribution in [3.05, 3.63) is 150 Å². The van der Waals surface area contributed by atoms with Crippen molar-refractivity contribution >= 4 is 39.4 Å². The molecule has 0 aliphatic rings. The minimum absolute atomic E-state index is 0.237. The molecule has 0 atom stereocenters. The maximum absolute atomic E-state index is 15.6. The Morgan fingerprint density at radius 3 is 2.47 bits per heavy atom. The number of nitrogens with one attached hydrogen (secondary N) is 1. The molecule has 0 aliphatic carbocycles. The number of hydrogen-bond acceptors (Lipinski definition) is 5. The van der Waals surface area contributed by atoms with E-state index < -0.39 is 0 Å². The molecule has 8 rings (SSSR count). The lowest BCUT2D eigenvalue weighted by Gasteiger charge is -2.09. The van der Waals surface area contributed by atoms with Gasteiger partial charge in [0.1, 0.15) is 11.5 Å². The Morgan fingerprint density at radius 2 is 1.63 bits per heavy atom. The van der Waals surface area contributed by atoms with Gasteiger partial charge in [0.05, 0.1) is 45.5 Å². The lowest BCUT2D eigenvalue weighted by molar-refractivity contribution is 0.602. The molecule has 8 aromatic rings. The Morgan fingerprint density at radius 1 is 0.837 bits per heavy atom. The Kier molecular flexibility index (Phi) is 7.89. The van der Waals surface area contributed by atoms with Crippen LogP contribution in [-0.4, -0.2) is 28.9 Å². The first-order chi connectivity index (χ1) is 23.9. The Labute approximate surface area is 287 Å². The van der Waals surface area contributed by atoms with Crippen molar-refractivity contribution in [3.8, 4) is 26.7 Å². The van der Waals surface area contributed by atoms with E-state index in [-0.39, 0.29) is 5.82 Å². The second-order valence-electron chi connectivity index (χ2n) is 12.2. The molecule has 4 heterocycles. The summed E-state index contributed by atoms with van der Waals surface area (Å²) < 4.78 is 21.7. The van der Waals surface area contributed by atoms with E-state index in [4.69, 9.17) is 10.1 Å². The zero-order valence-corrected chi connectivity index (χ0v) is 28.1. The SMILES string of the molecule is C=CCn1c(NCc2cn(-c3ccccc3)nc2-c2ccc(-c3ccc(Cn4cnc5cc(C)c(C)cc54)c(F)c3)s2)nc2ccccc21. The number of nitrogens with zero attached hydrogens (tertiary/aromatic N) is 6. The van der Waals surface area contributed by atoms with Gasteiger partial charge in [0.15, 0.2) is 0 Å². The van der Waals surface area contributed by atoms with Gasteiger partial charge in [-0.25, -0.2) is 19.0 Å². The minimum Gasteiger partial charge on any atom is -0.351 e. The Bertz CT molecular complexity index is 2470. The third-order valence-electron chi connectivity index (χ3n) is 8.97. The van der Waals surface area contributed by atoms with E-state index in [0.29, 0.717) is 25.2 Å². The van der Waals surface area contributed by atoms with Crippen molar-refractivity contribution in [1.29, 1.82) is 0 Å². The molecule has 7 nitrogen and oxygen atoms in total. The van der Waals surface area contributed by atoms with Crippen molar-refractivity contribution < 1.29 is 4.39 Å². The molecule has 0 fully saturated rings. The van der Waals surface area contributed by atoms with Gasteiger partial charge in [0.25, 0.3) is 0 Å². The molecule has 0 unspecified atom stereocenters. The number of allylic oxidation sites excluding steroid dienone is 1. The van der Waals surface area contributed by atoms with Crippen LogP contribution in [0.1, 0.15) is 22.3 Å². The van der Waals surface area contributed by atoms with Gasteiger partial charge in [-0.2, -0.15) is 5.10 Å². The lowest BCUT2D eigenvalue weighted by Crippen LogP contribution is -2.07. The number of thiophene rings is 1. The zero-order valence-electron chi connectivity index (χ0n) is 27.3. The van der Waals surface area contributed by atoms with Gasteiger partial charge in [-0.15, -0.1) is 17.9 Å². The van der Waals surface area contributed by atoms with Crippen molar-refractivity contribution in [3.63, 3.8) is 0 Å². The maximum Gasteiger partial charge on any atom is 0.204 e. The summed E-state index contributed by atoms with van der Waals surface area (Å²) in [6, 6.07) is 32.0. The number of aryl methyl sites for hydroxylation is 2. The highest BCUT2D eigenvalue weighted by Gasteiger charge is 2.18. The van der Waals surface area contributed by atoms with Gasteiger partial charge in [-0.05, 0) is 85.1 Å². The van der Waals surface area contributed by atoms with Crippen molar-refractivity contribution in [1.82, 2.24) is 28.9 Å². The summed E-state index contributed by atoms with van der Waals surface area (Å²) in [5, 5.41) is 8.61. The molecule has 0 radical (unpaired) electrons. The molecule has 0 aliphatic heterocycles. The molecule has 0 bridgehead atoms. The van der Waals surface area contributed by atoms with Gasteiger partial charge in [-0.3, -0.25) is 0 Å². The molecular formula is C40H34FN7S. The minimum atomic E-state index is -0.237. The van der Waals surface area contributed by atoms with Crippen LogP contribution in [0.4, 0.5) is 10.3 Å². The molecule has 9 heteroatoms. The predicted molar refractivity (Wildman–Crippen MR) is 198 cm³/mol. The van der Waals surface area contributed by atoms with Gasteiger partial charge in [0.2, 0.25) is 5.95 Å². The lowest BCUT2D eigenvalue weighted by atomic mass is 10.1. The number of benzene rings is 4. The first kappa shape index (κ1) is 30.5. The molecule has 4 aromatic carbocycles. The summed E-state index contributed by atoms with van der Waals surface area (Å²) in [4.78, 5) is 11.4. The number of aromatic nitrogens is 6. The Balaban J connectivity index is 1.09. The molecule has 0 saturated carbocycles. The number of imidazole rings is 2. The third kappa shape index (κ3) is 5.83. The number of halogens is 1. The van der Waals surface area contributed by atoms with Crippen molar-refractivity contribution in [2.45, 2.75) is 33.5 Å². The van der Waals surface area contributed by atoms with E-state index in [0.717, 1.165) is 60.3 Å². The van der Waals surface area contributed by atoms with Crippen LogP contribution in [0.3, 0.4) is 0 Å². The quantitative estimate of drug-likeness (QED) is 0.148. The maximum atomic E-state index is 15.6. The fourth-order valence-electron chi connectivity index (χ4n) is 6.23. The summed E-state index contributed by atoms with van der Waals surface area (Å²) in [6.07, 6.45) is 5.73. The van der Waals surface area contributed by atoms with Crippen molar-refractivity contribution in [2.75, 3.05) is 5.32 Å². The summed E-state index contributed by atoms with van der Waals surface area (Å²) in [6.45, 7) is 9.68. The average molecular weight is 664 g/mol. The third-order valence-corrected chi connectivity index (χ3v) is 10.1. The first-order valence-corrected chi connectivity index (χ1v) is 17.0. The summed E-state index contributed by atoms with van der Waals surface area (Å²) >= 11 is 1.60. The largest absolute Gasteiger partial charge is 0.351 e. The van der Waals surface area contributed by atoms with Crippen LogP contribution >= 0.6 is 11.3 Å². The highest BCUT2D eigenvalue weighted by molar-refractivity contribution is 7.18. The molecule has 49 heavy (non-hydrogen) atoms. The van der Waals surface area contributed by atoms with Crippen LogP contribution in [0.25, 0.3) is 48.8 Å².